The van der Waals surface area contributed by atoms with Crippen LogP contribution in [0, 0.1) is 6.92 Å². The van der Waals surface area contributed by atoms with Crippen LogP contribution in [0.2, 0.25) is 0 Å². The average Bonchev–Trinajstić information content (AvgIpc) is 3.34. The maximum absolute atomic E-state index is 12.6. The number of fused-ring (bicyclic) bond motifs is 3. The molecule has 0 aliphatic carbocycles. The smallest absolute Gasteiger partial charge is 0.336 e. The van der Waals surface area contributed by atoms with Crippen LogP contribution in [0.4, 0.5) is 0 Å². The molecular weight excluding hydrogens is 482 g/mol. The van der Waals surface area contributed by atoms with Gasteiger partial charge in [0.2, 0.25) is 0 Å². The minimum absolute atomic E-state index is 0.377. The molecule has 4 aromatic carbocycles. The monoisotopic (exact) mass is 513 g/mol. The zero-order valence-corrected chi connectivity index (χ0v) is 22.7. The lowest BCUT2D eigenvalue weighted by molar-refractivity contribution is 0.383. The minimum atomic E-state index is -0.377. The molecule has 1 unspecified atom stereocenters. The summed E-state index contributed by atoms with van der Waals surface area (Å²) in [7, 11) is 4.21. The molecule has 0 N–H and O–H groups in total. The maximum Gasteiger partial charge on any atom is 0.336 e. The van der Waals surface area contributed by atoms with Gasteiger partial charge in [-0.1, -0.05) is 91.9 Å². The first-order valence-electron chi connectivity index (χ1n) is 13.3. The van der Waals surface area contributed by atoms with Crippen LogP contribution in [-0.4, -0.2) is 25.5 Å². The van der Waals surface area contributed by atoms with E-state index in [9.17, 15) is 4.79 Å². The molecule has 0 aliphatic heterocycles. The van der Waals surface area contributed by atoms with E-state index >= 15 is 0 Å². The molecule has 4 heteroatoms. The van der Waals surface area contributed by atoms with Crippen molar-refractivity contribution in [3.8, 4) is 33.6 Å². The molecule has 0 bridgehead atoms. The van der Waals surface area contributed by atoms with E-state index in [2.05, 4.69) is 69.2 Å². The van der Waals surface area contributed by atoms with Crippen molar-refractivity contribution in [2.24, 2.45) is 0 Å². The summed E-state index contributed by atoms with van der Waals surface area (Å²) in [5.41, 5.74) is 8.07. The summed E-state index contributed by atoms with van der Waals surface area (Å²) in [5, 5.41) is 1.84. The Balaban J connectivity index is 1.67. The van der Waals surface area contributed by atoms with Crippen LogP contribution in [0.25, 0.3) is 55.5 Å². The largest absolute Gasteiger partial charge is 0.455 e. The van der Waals surface area contributed by atoms with Crippen molar-refractivity contribution in [3.05, 3.63) is 119 Å². The molecule has 0 spiro atoms. The third-order valence-electron chi connectivity index (χ3n) is 7.39. The highest BCUT2D eigenvalue weighted by molar-refractivity contribution is 6.17. The number of aryl methyl sites for hydroxylation is 1. The molecule has 0 fully saturated rings. The van der Waals surface area contributed by atoms with Gasteiger partial charge in [0.05, 0.1) is 5.39 Å². The molecule has 0 aliphatic rings. The van der Waals surface area contributed by atoms with Gasteiger partial charge in [-0.3, -0.25) is 0 Å². The van der Waals surface area contributed by atoms with E-state index < -0.39 is 0 Å². The third-order valence-corrected chi connectivity index (χ3v) is 7.39. The summed E-state index contributed by atoms with van der Waals surface area (Å²) in [5.74, 6) is 1.23. The molecule has 6 rings (SSSR count). The number of likely N-dealkylation sites (N-methyl/N-ethyl adjacent to an activating group) is 1. The Hall–Kier alpha value is -4.41. The number of hydrogen-bond donors (Lipinski definition) is 0. The van der Waals surface area contributed by atoms with E-state index in [0.29, 0.717) is 11.5 Å². The first kappa shape index (κ1) is 24.9. The lowest BCUT2D eigenvalue weighted by Gasteiger charge is -2.17. The molecule has 0 amide bonds. The molecule has 4 nitrogen and oxygen atoms in total. The SMILES string of the molecule is Cc1cc2oc(=O)cc(-c3ccccc3)c2c2oc(-c3ccccc3)c(-c3ccc(C(C)CN(C)C)cc3)c12. The number of benzene rings is 4. The Kier molecular flexibility index (Phi) is 6.41. The highest BCUT2D eigenvalue weighted by Gasteiger charge is 2.24. The van der Waals surface area contributed by atoms with E-state index in [1.807, 2.05) is 54.6 Å². The predicted octanol–water partition coefficient (Wildman–Crippen LogP) is 8.51. The molecule has 194 valence electrons. The van der Waals surface area contributed by atoms with E-state index in [1.165, 1.54) is 5.56 Å². The van der Waals surface area contributed by atoms with Crippen molar-refractivity contribution in [1.29, 1.82) is 0 Å². The quantitative estimate of drug-likeness (QED) is 0.209. The molecule has 6 aromatic rings. The van der Waals surface area contributed by atoms with Gasteiger partial charge in [-0.15, -0.1) is 0 Å². The van der Waals surface area contributed by atoms with Gasteiger partial charge >= 0.3 is 5.63 Å². The lowest BCUT2D eigenvalue weighted by atomic mass is 9.92. The van der Waals surface area contributed by atoms with E-state index in [4.69, 9.17) is 8.83 Å². The summed E-state index contributed by atoms with van der Waals surface area (Å²) < 4.78 is 12.5. The van der Waals surface area contributed by atoms with Crippen LogP contribution in [0.15, 0.2) is 111 Å². The zero-order valence-electron chi connectivity index (χ0n) is 22.7. The van der Waals surface area contributed by atoms with Gasteiger partial charge in [-0.2, -0.15) is 0 Å². The van der Waals surface area contributed by atoms with Gasteiger partial charge in [0, 0.05) is 34.7 Å². The standard InChI is InChI=1S/C35H31NO3/c1-22-19-29-33(28(20-30(37)38-29)25-11-7-5-8-12-25)35-31(22)32(34(39-35)27-13-9-6-10-14-27)26-17-15-24(16-18-26)23(2)21-36(3)4/h5-20,23H,21H2,1-4H3. The zero-order chi connectivity index (χ0) is 27.1. The highest BCUT2D eigenvalue weighted by atomic mass is 16.4. The second-order valence-electron chi connectivity index (χ2n) is 10.6. The van der Waals surface area contributed by atoms with Gasteiger partial charge in [0.1, 0.15) is 16.9 Å². The molecule has 2 aromatic heterocycles. The van der Waals surface area contributed by atoms with Gasteiger partial charge in [0.15, 0.2) is 0 Å². The predicted molar refractivity (Wildman–Crippen MR) is 160 cm³/mol. The maximum atomic E-state index is 12.6. The van der Waals surface area contributed by atoms with Crippen molar-refractivity contribution in [2.75, 3.05) is 20.6 Å². The van der Waals surface area contributed by atoms with E-state index in [1.54, 1.807) is 6.07 Å². The number of rotatable bonds is 6. The summed E-state index contributed by atoms with van der Waals surface area (Å²) in [6.45, 7) is 5.30. The summed E-state index contributed by atoms with van der Waals surface area (Å²) in [6.07, 6.45) is 0. The van der Waals surface area contributed by atoms with Crippen molar-refractivity contribution in [2.45, 2.75) is 19.8 Å². The van der Waals surface area contributed by atoms with Crippen LogP contribution < -0.4 is 5.63 Å². The summed E-state index contributed by atoms with van der Waals surface area (Å²) >= 11 is 0. The Bertz CT molecular complexity index is 1830. The third kappa shape index (κ3) is 4.58. The fourth-order valence-electron chi connectivity index (χ4n) is 5.64. The average molecular weight is 514 g/mol. The minimum Gasteiger partial charge on any atom is -0.455 e. The van der Waals surface area contributed by atoms with Gasteiger partial charge in [0.25, 0.3) is 0 Å². The molecule has 39 heavy (non-hydrogen) atoms. The van der Waals surface area contributed by atoms with Crippen LogP contribution in [0.1, 0.15) is 24.0 Å². The molecule has 1 atom stereocenters. The lowest BCUT2D eigenvalue weighted by Crippen LogP contribution is -2.18. The van der Waals surface area contributed by atoms with Gasteiger partial charge < -0.3 is 13.7 Å². The van der Waals surface area contributed by atoms with Crippen molar-refractivity contribution >= 4 is 21.9 Å². The van der Waals surface area contributed by atoms with Crippen LogP contribution in [0.5, 0.6) is 0 Å². The van der Waals surface area contributed by atoms with Crippen molar-refractivity contribution < 1.29 is 8.83 Å². The normalized spacial score (nSPS) is 12.4. The number of hydrogen-bond acceptors (Lipinski definition) is 4. The van der Waals surface area contributed by atoms with Crippen molar-refractivity contribution in [3.63, 3.8) is 0 Å². The van der Waals surface area contributed by atoms with E-state index in [-0.39, 0.29) is 5.63 Å². The first-order valence-corrected chi connectivity index (χ1v) is 13.3. The molecule has 2 heterocycles. The second-order valence-corrected chi connectivity index (χ2v) is 10.6. The summed E-state index contributed by atoms with van der Waals surface area (Å²) in [4.78, 5) is 14.8. The van der Waals surface area contributed by atoms with E-state index in [0.717, 1.165) is 62.0 Å². The Labute approximate surface area is 228 Å². The molecule has 0 saturated heterocycles. The summed E-state index contributed by atoms with van der Waals surface area (Å²) in [6, 6.07) is 32.5. The fourth-order valence-corrected chi connectivity index (χ4v) is 5.64. The highest BCUT2D eigenvalue weighted by Crippen LogP contribution is 2.46. The Morgan fingerprint density at radius 1 is 0.744 bits per heavy atom. The number of nitrogens with zero attached hydrogens (tertiary/aromatic N) is 1. The Morgan fingerprint density at radius 3 is 2.03 bits per heavy atom. The van der Waals surface area contributed by atoms with Gasteiger partial charge in [-0.25, -0.2) is 4.79 Å². The molecule has 0 radical (unpaired) electrons. The Morgan fingerprint density at radius 2 is 1.38 bits per heavy atom. The first-order chi connectivity index (χ1) is 18.9. The van der Waals surface area contributed by atoms with Gasteiger partial charge in [-0.05, 0) is 55.3 Å². The van der Waals surface area contributed by atoms with Crippen LogP contribution >= 0.6 is 0 Å². The molecular formula is C35H31NO3. The van der Waals surface area contributed by atoms with Crippen LogP contribution in [0.3, 0.4) is 0 Å². The van der Waals surface area contributed by atoms with Crippen LogP contribution in [-0.2, 0) is 0 Å². The second kappa shape index (κ2) is 10.0. The fraction of sp³-hybridized carbons (Fsp3) is 0.171. The number of furan rings is 1. The topological polar surface area (TPSA) is 46.6 Å². The molecule has 0 saturated carbocycles. The van der Waals surface area contributed by atoms with Crippen molar-refractivity contribution in [1.82, 2.24) is 4.90 Å².